The standard InChI is InChI=1S/C6H12N2/c1-4-6-8(5-2)7-3/h5H,2-4,6H2,1H3. The molecular weight excluding hydrogens is 100 g/mol. The fourth-order valence-corrected chi connectivity index (χ4v) is 0.449. The van der Waals surface area contributed by atoms with Crippen LogP contribution in [0.3, 0.4) is 0 Å². The molecule has 0 N–H and O–H groups in total. The molecule has 0 aliphatic carbocycles. The summed E-state index contributed by atoms with van der Waals surface area (Å²) in [7, 11) is 0. The summed E-state index contributed by atoms with van der Waals surface area (Å²) in [6, 6.07) is 0. The first-order valence-corrected chi connectivity index (χ1v) is 2.71. The molecule has 0 atom stereocenters. The van der Waals surface area contributed by atoms with Gasteiger partial charge in [-0.15, -0.1) is 0 Å². The molecule has 0 amide bonds. The number of hydrazone groups is 1. The molecule has 8 heavy (non-hydrogen) atoms. The maximum absolute atomic E-state index is 3.66. The Balaban J connectivity index is 3.35. The predicted molar refractivity (Wildman–Crippen MR) is 36.7 cm³/mol. The first-order chi connectivity index (χ1) is 3.85. The van der Waals surface area contributed by atoms with E-state index in [0.717, 1.165) is 13.0 Å². The first kappa shape index (κ1) is 7.21. The lowest BCUT2D eigenvalue weighted by atomic mass is 10.5. The summed E-state index contributed by atoms with van der Waals surface area (Å²) in [5.74, 6) is 0. The van der Waals surface area contributed by atoms with Crippen LogP contribution < -0.4 is 0 Å². The highest BCUT2D eigenvalue weighted by atomic mass is 15.4. The Morgan fingerprint density at radius 2 is 2.38 bits per heavy atom. The fraction of sp³-hybridized carbons (Fsp3) is 0.500. The normalized spacial score (nSPS) is 8.12. The van der Waals surface area contributed by atoms with Gasteiger partial charge in [0.2, 0.25) is 0 Å². The van der Waals surface area contributed by atoms with E-state index < -0.39 is 0 Å². The third kappa shape index (κ3) is 2.39. The average molecular weight is 112 g/mol. The highest BCUT2D eigenvalue weighted by molar-refractivity contribution is 5.22. The van der Waals surface area contributed by atoms with Gasteiger partial charge in [-0.25, -0.2) is 0 Å². The lowest BCUT2D eigenvalue weighted by Crippen LogP contribution is -2.08. The van der Waals surface area contributed by atoms with Gasteiger partial charge < -0.3 is 0 Å². The molecule has 0 aliphatic heterocycles. The van der Waals surface area contributed by atoms with Crippen LogP contribution in [-0.2, 0) is 0 Å². The van der Waals surface area contributed by atoms with E-state index in [-0.39, 0.29) is 0 Å². The van der Waals surface area contributed by atoms with Crippen molar-refractivity contribution in [1.82, 2.24) is 5.01 Å². The molecule has 0 unspecified atom stereocenters. The minimum absolute atomic E-state index is 0.910. The minimum atomic E-state index is 0.910. The van der Waals surface area contributed by atoms with E-state index in [2.05, 4.69) is 25.3 Å². The Labute approximate surface area is 50.5 Å². The Morgan fingerprint density at radius 3 is 2.50 bits per heavy atom. The molecule has 0 saturated carbocycles. The summed E-state index contributed by atoms with van der Waals surface area (Å²) in [5.41, 5.74) is 0. The van der Waals surface area contributed by atoms with Crippen LogP contribution in [0.15, 0.2) is 17.9 Å². The van der Waals surface area contributed by atoms with E-state index >= 15 is 0 Å². The summed E-state index contributed by atoms with van der Waals surface area (Å²) in [6.45, 7) is 9.89. The van der Waals surface area contributed by atoms with E-state index in [0.29, 0.717) is 0 Å². The number of nitrogens with zero attached hydrogens (tertiary/aromatic N) is 2. The van der Waals surface area contributed by atoms with Gasteiger partial charge in [0.1, 0.15) is 0 Å². The van der Waals surface area contributed by atoms with Gasteiger partial charge in [-0.1, -0.05) is 13.5 Å². The van der Waals surface area contributed by atoms with Gasteiger partial charge in [0, 0.05) is 19.5 Å². The summed E-state index contributed by atoms with van der Waals surface area (Å²) in [5, 5.41) is 5.37. The summed E-state index contributed by atoms with van der Waals surface area (Å²) in [4.78, 5) is 0. The summed E-state index contributed by atoms with van der Waals surface area (Å²) >= 11 is 0. The largest absolute Gasteiger partial charge is 0.274 e. The van der Waals surface area contributed by atoms with Crippen molar-refractivity contribution in [2.75, 3.05) is 6.54 Å². The molecule has 0 radical (unpaired) electrons. The van der Waals surface area contributed by atoms with Crippen LogP contribution in [0.1, 0.15) is 13.3 Å². The smallest absolute Gasteiger partial charge is 0.0405 e. The van der Waals surface area contributed by atoms with Crippen molar-refractivity contribution in [1.29, 1.82) is 0 Å². The molecule has 0 aromatic heterocycles. The van der Waals surface area contributed by atoms with Crippen LogP contribution >= 0.6 is 0 Å². The molecule has 0 heterocycles. The second kappa shape index (κ2) is 4.37. The third-order valence-electron chi connectivity index (χ3n) is 0.845. The van der Waals surface area contributed by atoms with Gasteiger partial charge >= 0.3 is 0 Å². The Hall–Kier alpha value is -0.790. The maximum Gasteiger partial charge on any atom is 0.0405 e. The Bertz CT molecular complexity index is 70.6. The molecule has 46 valence electrons. The van der Waals surface area contributed by atoms with Crippen LogP contribution in [0.25, 0.3) is 0 Å². The van der Waals surface area contributed by atoms with Gasteiger partial charge in [0.15, 0.2) is 0 Å². The second-order valence-electron chi connectivity index (χ2n) is 1.49. The minimum Gasteiger partial charge on any atom is -0.274 e. The fourth-order valence-electron chi connectivity index (χ4n) is 0.449. The van der Waals surface area contributed by atoms with E-state index in [4.69, 9.17) is 0 Å². The zero-order valence-electron chi connectivity index (χ0n) is 5.30. The highest BCUT2D eigenvalue weighted by Gasteiger charge is 1.86. The second-order valence-corrected chi connectivity index (χ2v) is 1.49. The molecule has 0 aromatic rings. The SMILES string of the molecule is C=CN(CCC)N=C. The molecule has 2 nitrogen and oxygen atoms in total. The van der Waals surface area contributed by atoms with E-state index in [1.165, 1.54) is 0 Å². The first-order valence-electron chi connectivity index (χ1n) is 2.71. The van der Waals surface area contributed by atoms with Crippen LogP contribution in [0, 0.1) is 0 Å². The Kier molecular flexibility index (Phi) is 3.94. The predicted octanol–water partition coefficient (Wildman–Crippen LogP) is 1.46. The monoisotopic (exact) mass is 112 g/mol. The van der Waals surface area contributed by atoms with Crippen LogP contribution in [0.2, 0.25) is 0 Å². The molecule has 0 bridgehead atoms. The average Bonchev–Trinajstić information content (AvgIpc) is 1.83. The van der Waals surface area contributed by atoms with Crippen molar-refractivity contribution >= 4 is 6.72 Å². The van der Waals surface area contributed by atoms with Gasteiger partial charge in [-0.2, -0.15) is 5.10 Å². The number of hydrogen-bond acceptors (Lipinski definition) is 2. The number of rotatable bonds is 4. The van der Waals surface area contributed by atoms with E-state index in [9.17, 15) is 0 Å². The molecule has 0 fully saturated rings. The lowest BCUT2D eigenvalue weighted by Gasteiger charge is -2.09. The maximum atomic E-state index is 3.66. The van der Waals surface area contributed by atoms with Crippen molar-refractivity contribution in [3.05, 3.63) is 12.8 Å². The van der Waals surface area contributed by atoms with Crippen molar-refractivity contribution in [3.63, 3.8) is 0 Å². The summed E-state index contributed by atoms with van der Waals surface area (Å²) in [6.07, 6.45) is 2.74. The van der Waals surface area contributed by atoms with Crippen molar-refractivity contribution in [3.8, 4) is 0 Å². The van der Waals surface area contributed by atoms with Gasteiger partial charge in [-0.05, 0) is 6.42 Å². The van der Waals surface area contributed by atoms with Gasteiger partial charge in [0.25, 0.3) is 0 Å². The molecule has 0 saturated heterocycles. The third-order valence-corrected chi connectivity index (χ3v) is 0.845. The zero-order chi connectivity index (χ0) is 6.41. The van der Waals surface area contributed by atoms with Crippen molar-refractivity contribution in [2.24, 2.45) is 5.10 Å². The van der Waals surface area contributed by atoms with Crippen LogP contribution in [-0.4, -0.2) is 18.3 Å². The number of hydrogen-bond donors (Lipinski definition) is 0. The van der Waals surface area contributed by atoms with Crippen molar-refractivity contribution < 1.29 is 0 Å². The lowest BCUT2D eigenvalue weighted by molar-refractivity contribution is 0.403. The topological polar surface area (TPSA) is 15.6 Å². The van der Waals surface area contributed by atoms with Gasteiger partial charge in [0.05, 0.1) is 0 Å². The molecule has 0 spiro atoms. The molecule has 2 heteroatoms. The molecule has 0 rings (SSSR count). The van der Waals surface area contributed by atoms with Crippen LogP contribution in [0.4, 0.5) is 0 Å². The quantitative estimate of drug-likeness (QED) is 0.397. The van der Waals surface area contributed by atoms with Crippen LogP contribution in [0.5, 0.6) is 0 Å². The zero-order valence-corrected chi connectivity index (χ0v) is 5.30. The summed E-state index contributed by atoms with van der Waals surface area (Å²) < 4.78 is 0. The molecule has 0 aliphatic rings. The highest BCUT2D eigenvalue weighted by Crippen LogP contribution is 1.88. The van der Waals surface area contributed by atoms with Gasteiger partial charge in [-0.3, -0.25) is 5.01 Å². The molecule has 0 aromatic carbocycles. The Morgan fingerprint density at radius 1 is 1.75 bits per heavy atom. The van der Waals surface area contributed by atoms with Crippen molar-refractivity contribution in [2.45, 2.75) is 13.3 Å². The van der Waals surface area contributed by atoms with E-state index in [1.54, 1.807) is 11.2 Å². The molecular formula is C6H12N2. The van der Waals surface area contributed by atoms with E-state index in [1.807, 2.05) is 0 Å².